The van der Waals surface area contributed by atoms with Gasteiger partial charge in [-0.25, -0.2) is 4.99 Å². The normalized spacial score (nSPS) is 25.7. The second-order valence-electron chi connectivity index (χ2n) is 4.05. The van der Waals surface area contributed by atoms with Crippen molar-refractivity contribution in [1.29, 1.82) is 0 Å². The van der Waals surface area contributed by atoms with Gasteiger partial charge in [-0.1, -0.05) is 31.0 Å². The van der Waals surface area contributed by atoms with Crippen LogP contribution in [0.15, 0.2) is 4.99 Å². The summed E-state index contributed by atoms with van der Waals surface area (Å²) in [4.78, 5) is 18.4. The molecule has 1 saturated carbocycles. The molecule has 0 unspecified atom stereocenters. The standard InChI is InChI=1S/C10H16N2OS/c1-12-8(13)10(11-9(12)14-2)6-4-3-5-7-10/h3-7H2,1-2H3. The summed E-state index contributed by atoms with van der Waals surface area (Å²) >= 11 is 1.57. The van der Waals surface area contributed by atoms with Gasteiger partial charge in [-0.05, 0) is 19.1 Å². The Morgan fingerprint density at radius 2 is 2.00 bits per heavy atom. The zero-order chi connectivity index (χ0) is 10.2. The van der Waals surface area contributed by atoms with Crippen molar-refractivity contribution in [2.75, 3.05) is 13.3 Å². The molecule has 2 aliphatic rings. The number of amides is 1. The van der Waals surface area contributed by atoms with Crippen molar-refractivity contribution in [3.63, 3.8) is 0 Å². The van der Waals surface area contributed by atoms with Crippen LogP contribution in [0, 0.1) is 0 Å². The van der Waals surface area contributed by atoms with E-state index < -0.39 is 0 Å². The summed E-state index contributed by atoms with van der Waals surface area (Å²) in [6.07, 6.45) is 7.41. The number of likely N-dealkylation sites (N-methyl/N-ethyl adjacent to an activating group) is 1. The van der Waals surface area contributed by atoms with Gasteiger partial charge < -0.3 is 0 Å². The molecular weight excluding hydrogens is 196 g/mol. The average molecular weight is 212 g/mol. The fourth-order valence-corrected chi connectivity index (χ4v) is 2.97. The Kier molecular flexibility index (Phi) is 2.56. The van der Waals surface area contributed by atoms with E-state index in [1.807, 2.05) is 13.3 Å². The molecule has 0 N–H and O–H groups in total. The molecule has 2 rings (SSSR count). The summed E-state index contributed by atoms with van der Waals surface area (Å²) in [5.74, 6) is 0.210. The number of hydrogen-bond donors (Lipinski definition) is 0. The fourth-order valence-electron chi connectivity index (χ4n) is 2.35. The number of rotatable bonds is 0. The topological polar surface area (TPSA) is 32.7 Å². The molecule has 1 spiro atoms. The molecule has 4 heteroatoms. The molecule has 1 heterocycles. The Morgan fingerprint density at radius 3 is 2.50 bits per heavy atom. The third kappa shape index (κ3) is 1.36. The number of thioether (sulfide) groups is 1. The second-order valence-corrected chi connectivity index (χ2v) is 4.83. The van der Waals surface area contributed by atoms with E-state index in [0.29, 0.717) is 0 Å². The van der Waals surface area contributed by atoms with Gasteiger partial charge in [0, 0.05) is 7.05 Å². The monoisotopic (exact) mass is 212 g/mol. The Balaban J connectivity index is 2.27. The maximum Gasteiger partial charge on any atom is 0.256 e. The summed E-state index contributed by atoms with van der Waals surface area (Å²) in [5.41, 5.74) is -0.370. The van der Waals surface area contributed by atoms with Gasteiger partial charge in [0.2, 0.25) is 0 Å². The zero-order valence-electron chi connectivity index (χ0n) is 8.75. The first-order valence-electron chi connectivity index (χ1n) is 5.12. The summed E-state index contributed by atoms with van der Waals surface area (Å²) < 4.78 is 0. The first kappa shape index (κ1) is 10.0. The molecule has 0 saturated heterocycles. The molecular formula is C10H16N2OS. The number of hydrogen-bond acceptors (Lipinski definition) is 3. The highest BCUT2D eigenvalue weighted by Crippen LogP contribution is 2.38. The van der Waals surface area contributed by atoms with Gasteiger partial charge in [-0.3, -0.25) is 9.69 Å². The lowest BCUT2D eigenvalue weighted by Crippen LogP contribution is -2.41. The summed E-state index contributed by atoms with van der Waals surface area (Å²) in [6, 6.07) is 0. The smallest absolute Gasteiger partial charge is 0.256 e. The molecule has 1 amide bonds. The van der Waals surface area contributed by atoms with Crippen molar-refractivity contribution in [1.82, 2.24) is 4.90 Å². The van der Waals surface area contributed by atoms with Crippen LogP contribution in [0.4, 0.5) is 0 Å². The van der Waals surface area contributed by atoms with E-state index in [0.717, 1.165) is 30.9 Å². The maximum atomic E-state index is 12.0. The van der Waals surface area contributed by atoms with Crippen molar-refractivity contribution in [3.05, 3.63) is 0 Å². The molecule has 78 valence electrons. The highest BCUT2D eigenvalue weighted by Gasteiger charge is 2.46. The van der Waals surface area contributed by atoms with Gasteiger partial charge in [0.1, 0.15) is 5.54 Å². The lowest BCUT2D eigenvalue weighted by atomic mass is 9.82. The highest BCUT2D eigenvalue weighted by atomic mass is 32.2. The first-order chi connectivity index (χ1) is 6.69. The van der Waals surface area contributed by atoms with E-state index in [9.17, 15) is 4.79 Å². The van der Waals surface area contributed by atoms with Gasteiger partial charge in [0.15, 0.2) is 5.17 Å². The molecule has 0 bridgehead atoms. The number of amidine groups is 1. The quantitative estimate of drug-likeness (QED) is 0.614. The molecule has 0 aromatic rings. The number of aliphatic imine (C=N–C) groups is 1. The van der Waals surface area contributed by atoms with Gasteiger partial charge in [0.05, 0.1) is 0 Å². The minimum atomic E-state index is -0.370. The Labute approximate surface area is 89.0 Å². The molecule has 14 heavy (non-hydrogen) atoms. The predicted octanol–water partition coefficient (Wildman–Crippen LogP) is 1.88. The fraction of sp³-hybridized carbons (Fsp3) is 0.800. The molecule has 1 aliphatic heterocycles. The van der Waals surface area contributed by atoms with Crippen molar-refractivity contribution in [3.8, 4) is 0 Å². The van der Waals surface area contributed by atoms with E-state index >= 15 is 0 Å². The van der Waals surface area contributed by atoms with Crippen LogP contribution in [-0.4, -0.2) is 34.8 Å². The molecule has 1 aliphatic carbocycles. The van der Waals surface area contributed by atoms with E-state index in [-0.39, 0.29) is 11.4 Å². The maximum absolute atomic E-state index is 12.0. The van der Waals surface area contributed by atoms with Crippen LogP contribution in [0.5, 0.6) is 0 Å². The van der Waals surface area contributed by atoms with Gasteiger partial charge in [0.25, 0.3) is 5.91 Å². The third-order valence-electron chi connectivity index (χ3n) is 3.16. The molecule has 0 atom stereocenters. The number of nitrogens with zero attached hydrogens (tertiary/aromatic N) is 2. The molecule has 0 aromatic heterocycles. The zero-order valence-corrected chi connectivity index (χ0v) is 9.56. The van der Waals surface area contributed by atoms with Crippen LogP contribution in [-0.2, 0) is 4.79 Å². The molecule has 1 fully saturated rings. The van der Waals surface area contributed by atoms with Gasteiger partial charge in [-0.2, -0.15) is 0 Å². The number of carbonyl (C=O) groups is 1. The third-order valence-corrected chi connectivity index (χ3v) is 3.89. The Bertz CT molecular complexity index is 282. The molecule has 0 radical (unpaired) electrons. The van der Waals surface area contributed by atoms with E-state index in [1.165, 1.54) is 6.42 Å². The van der Waals surface area contributed by atoms with Crippen LogP contribution in [0.3, 0.4) is 0 Å². The summed E-state index contributed by atoms with van der Waals surface area (Å²) in [7, 11) is 1.83. The Hall–Kier alpha value is -0.510. The van der Waals surface area contributed by atoms with Crippen LogP contribution in [0.2, 0.25) is 0 Å². The molecule has 3 nitrogen and oxygen atoms in total. The van der Waals surface area contributed by atoms with E-state index in [4.69, 9.17) is 0 Å². The van der Waals surface area contributed by atoms with Crippen molar-refractivity contribution < 1.29 is 4.79 Å². The minimum Gasteiger partial charge on any atom is -0.293 e. The lowest BCUT2D eigenvalue weighted by Gasteiger charge is -2.28. The van der Waals surface area contributed by atoms with Crippen LogP contribution >= 0.6 is 11.8 Å². The lowest BCUT2D eigenvalue weighted by molar-refractivity contribution is -0.131. The van der Waals surface area contributed by atoms with Crippen LogP contribution in [0.1, 0.15) is 32.1 Å². The van der Waals surface area contributed by atoms with Crippen molar-refractivity contribution in [2.24, 2.45) is 4.99 Å². The first-order valence-corrected chi connectivity index (χ1v) is 6.34. The SMILES string of the molecule is CSC1=NC2(CCCCC2)C(=O)N1C. The van der Waals surface area contributed by atoms with Gasteiger partial charge >= 0.3 is 0 Å². The largest absolute Gasteiger partial charge is 0.293 e. The average Bonchev–Trinajstić information content (AvgIpc) is 2.45. The summed E-state index contributed by atoms with van der Waals surface area (Å²) in [5, 5.41) is 0.886. The predicted molar refractivity (Wildman–Crippen MR) is 59.5 cm³/mol. The van der Waals surface area contributed by atoms with E-state index in [2.05, 4.69) is 4.99 Å². The van der Waals surface area contributed by atoms with Crippen molar-refractivity contribution in [2.45, 2.75) is 37.6 Å². The van der Waals surface area contributed by atoms with E-state index in [1.54, 1.807) is 16.7 Å². The number of carbonyl (C=O) groups excluding carboxylic acids is 1. The van der Waals surface area contributed by atoms with Crippen molar-refractivity contribution >= 4 is 22.8 Å². The van der Waals surface area contributed by atoms with Crippen LogP contribution < -0.4 is 0 Å². The Morgan fingerprint density at radius 1 is 1.36 bits per heavy atom. The summed E-state index contributed by atoms with van der Waals surface area (Å²) in [6.45, 7) is 0. The second kappa shape index (κ2) is 3.57. The van der Waals surface area contributed by atoms with Crippen LogP contribution in [0.25, 0.3) is 0 Å². The van der Waals surface area contributed by atoms with Gasteiger partial charge in [-0.15, -0.1) is 0 Å². The highest BCUT2D eigenvalue weighted by molar-refractivity contribution is 8.13. The minimum absolute atomic E-state index is 0.210. The molecule has 0 aromatic carbocycles.